The van der Waals surface area contributed by atoms with Gasteiger partial charge in [-0.3, -0.25) is 14.3 Å². The minimum absolute atomic E-state index is 0.456. The first kappa shape index (κ1) is 21.8. The summed E-state index contributed by atoms with van der Waals surface area (Å²) in [4.78, 5) is 14.8. The van der Waals surface area contributed by atoms with Crippen molar-refractivity contribution < 1.29 is 0 Å². The molecule has 8 rings (SSSR count). The van der Waals surface area contributed by atoms with Gasteiger partial charge in [-0.05, 0) is 84.2 Å². The van der Waals surface area contributed by atoms with Gasteiger partial charge in [0.15, 0.2) is 5.82 Å². The highest BCUT2D eigenvalue weighted by Crippen LogP contribution is 2.56. The number of hydrogen-bond acceptors (Lipinski definition) is 6. The summed E-state index contributed by atoms with van der Waals surface area (Å²) in [5.41, 5.74) is 8.02. The molecule has 35 heavy (non-hydrogen) atoms. The Hall–Kier alpha value is -2.48. The summed E-state index contributed by atoms with van der Waals surface area (Å²) in [6.45, 7) is 11.8. The van der Waals surface area contributed by atoms with Gasteiger partial charge in [0, 0.05) is 49.9 Å². The van der Waals surface area contributed by atoms with Crippen LogP contribution in [0.5, 0.6) is 0 Å². The van der Waals surface area contributed by atoms with Gasteiger partial charge in [-0.25, -0.2) is 9.97 Å². The van der Waals surface area contributed by atoms with Crippen molar-refractivity contribution in [3.8, 4) is 0 Å². The standard InChI is InChI=1S/C27H38N8/c1-18-21-16-33(25-24-23(28-20(3)29-25)19(2)30-32(24)4)15-6-22(21)35(31-18)17-26-7-10-27(11-8-26,12-9-26)34-13-5-14-34/h5-17H2,1-4H3. The fraction of sp³-hybridized carbons (Fsp3) is 0.704. The van der Waals surface area contributed by atoms with Crippen LogP contribution in [0.3, 0.4) is 0 Å². The van der Waals surface area contributed by atoms with Gasteiger partial charge in [-0.15, -0.1) is 0 Å². The highest BCUT2D eigenvalue weighted by molar-refractivity contribution is 5.88. The number of likely N-dealkylation sites (tertiary alicyclic amines) is 1. The van der Waals surface area contributed by atoms with Gasteiger partial charge in [0.05, 0.1) is 11.4 Å². The Balaban J connectivity index is 1.15. The Morgan fingerprint density at radius 2 is 1.60 bits per heavy atom. The van der Waals surface area contributed by atoms with Gasteiger partial charge in [0.25, 0.3) is 0 Å². The first-order chi connectivity index (χ1) is 16.9. The molecule has 0 unspecified atom stereocenters. The maximum Gasteiger partial charge on any atom is 0.158 e. The van der Waals surface area contributed by atoms with E-state index in [4.69, 9.17) is 10.1 Å². The minimum atomic E-state index is 0.456. The second-order valence-electron chi connectivity index (χ2n) is 11.9. The molecule has 0 atom stereocenters. The molecule has 186 valence electrons. The van der Waals surface area contributed by atoms with Gasteiger partial charge in [0.2, 0.25) is 0 Å². The predicted octanol–water partition coefficient (Wildman–Crippen LogP) is 3.85. The minimum Gasteiger partial charge on any atom is -0.350 e. The molecule has 8 nitrogen and oxygen atoms in total. The Morgan fingerprint density at radius 3 is 2.29 bits per heavy atom. The van der Waals surface area contributed by atoms with Crippen LogP contribution >= 0.6 is 0 Å². The van der Waals surface area contributed by atoms with E-state index in [9.17, 15) is 0 Å². The summed E-state index contributed by atoms with van der Waals surface area (Å²) in [6, 6.07) is 0. The maximum atomic E-state index is 5.14. The molecule has 0 N–H and O–H groups in total. The van der Waals surface area contributed by atoms with Gasteiger partial charge in [-0.1, -0.05) is 0 Å². The monoisotopic (exact) mass is 474 g/mol. The van der Waals surface area contributed by atoms with Crippen molar-refractivity contribution in [1.29, 1.82) is 0 Å². The van der Waals surface area contributed by atoms with Crippen LogP contribution in [-0.2, 0) is 26.6 Å². The van der Waals surface area contributed by atoms with Crippen LogP contribution in [0.25, 0.3) is 11.0 Å². The molecule has 2 bridgehead atoms. The molecule has 2 aliphatic heterocycles. The van der Waals surface area contributed by atoms with Crippen LogP contribution in [0.15, 0.2) is 0 Å². The Kier molecular flexibility index (Phi) is 4.67. The highest BCUT2D eigenvalue weighted by atomic mass is 15.3. The summed E-state index contributed by atoms with van der Waals surface area (Å²) in [6.07, 6.45) is 10.8. The largest absolute Gasteiger partial charge is 0.350 e. The van der Waals surface area contributed by atoms with Crippen molar-refractivity contribution in [3.63, 3.8) is 0 Å². The molecule has 1 saturated heterocycles. The second kappa shape index (κ2) is 7.51. The predicted molar refractivity (Wildman–Crippen MR) is 137 cm³/mol. The topological polar surface area (TPSA) is 67.9 Å². The second-order valence-corrected chi connectivity index (χ2v) is 11.9. The number of fused-ring (bicyclic) bond motifs is 5. The molecule has 5 heterocycles. The van der Waals surface area contributed by atoms with E-state index in [1.807, 2.05) is 25.6 Å². The van der Waals surface area contributed by atoms with E-state index in [-0.39, 0.29) is 0 Å². The molecule has 3 aliphatic carbocycles. The third-order valence-corrected chi connectivity index (χ3v) is 9.95. The van der Waals surface area contributed by atoms with E-state index in [1.165, 1.54) is 75.0 Å². The molecule has 5 aliphatic rings. The summed E-state index contributed by atoms with van der Waals surface area (Å²) < 4.78 is 4.36. The van der Waals surface area contributed by atoms with Crippen LogP contribution in [0, 0.1) is 26.2 Å². The number of aryl methyl sites for hydroxylation is 4. The summed E-state index contributed by atoms with van der Waals surface area (Å²) >= 11 is 0. The van der Waals surface area contributed by atoms with E-state index in [0.29, 0.717) is 11.0 Å². The lowest BCUT2D eigenvalue weighted by Gasteiger charge is -2.60. The van der Waals surface area contributed by atoms with E-state index in [0.717, 1.165) is 54.4 Å². The third kappa shape index (κ3) is 3.21. The average molecular weight is 475 g/mol. The van der Waals surface area contributed by atoms with E-state index < -0.39 is 0 Å². The normalized spacial score (nSPS) is 28.5. The first-order valence-electron chi connectivity index (χ1n) is 13.6. The Labute approximate surface area is 207 Å². The number of hydrogen-bond donors (Lipinski definition) is 0. The van der Waals surface area contributed by atoms with Crippen LogP contribution in [0.2, 0.25) is 0 Å². The molecule has 0 aromatic carbocycles. The maximum absolute atomic E-state index is 5.14. The van der Waals surface area contributed by atoms with Gasteiger partial charge >= 0.3 is 0 Å². The molecule has 8 heteroatoms. The number of rotatable bonds is 4. The van der Waals surface area contributed by atoms with Crippen molar-refractivity contribution in [3.05, 3.63) is 28.5 Å². The quantitative estimate of drug-likeness (QED) is 0.572. The van der Waals surface area contributed by atoms with Crippen molar-refractivity contribution in [2.75, 3.05) is 24.5 Å². The Morgan fingerprint density at radius 1 is 0.857 bits per heavy atom. The zero-order valence-electron chi connectivity index (χ0n) is 21.8. The molecule has 4 fully saturated rings. The summed E-state index contributed by atoms with van der Waals surface area (Å²) in [5, 5.41) is 9.77. The van der Waals surface area contributed by atoms with Gasteiger partial charge in [-0.2, -0.15) is 10.2 Å². The molecule has 0 amide bonds. The highest BCUT2D eigenvalue weighted by Gasteiger charge is 2.52. The van der Waals surface area contributed by atoms with Crippen LogP contribution in [-0.4, -0.2) is 59.6 Å². The summed E-state index contributed by atoms with van der Waals surface area (Å²) in [7, 11) is 2.00. The SMILES string of the molecule is Cc1nc(N2CCc3c(c(C)nn3CC34CCC(N5CCC5)(CC3)CC4)C2)c2c(n1)c(C)nn2C. The van der Waals surface area contributed by atoms with E-state index in [1.54, 1.807) is 0 Å². The smallest absolute Gasteiger partial charge is 0.158 e. The molecule has 3 saturated carbocycles. The zero-order chi connectivity index (χ0) is 23.9. The Bertz CT molecular complexity index is 1290. The van der Waals surface area contributed by atoms with Gasteiger partial charge in [0.1, 0.15) is 16.9 Å². The molecule has 3 aromatic heterocycles. The van der Waals surface area contributed by atoms with Crippen LogP contribution < -0.4 is 4.90 Å². The van der Waals surface area contributed by atoms with E-state index in [2.05, 4.69) is 31.5 Å². The molecule has 0 radical (unpaired) electrons. The van der Waals surface area contributed by atoms with Crippen molar-refractivity contribution in [2.24, 2.45) is 12.5 Å². The van der Waals surface area contributed by atoms with Crippen molar-refractivity contribution in [2.45, 2.75) is 90.8 Å². The molecule has 3 aromatic rings. The van der Waals surface area contributed by atoms with Crippen molar-refractivity contribution >= 4 is 16.9 Å². The lowest BCUT2D eigenvalue weighted by Crippen LogP contribution is -2.61. The van der Waals surface area contributed by atoms with Gasteiger partial charge < -0.3 is 4.90 Å². The average Bonchev–Trinajstić information content (AvgIpc) is 3.28. The molecule has 0 spiro atoms. The summed E-state index contributed by atoms with van der Waals surface area (Å²) in [5.74, 6) is 1.82. The number of aromatic nitrogens is 6. The zero-order valence-corrected chi connectivity index (χ0v) is 21.8. The lowest BCUT2D eigenvalue weighted by molar-refractivity contribution is -0.0864. The number of anilines is 1. The first-order valence-corrected chi connectivity index (χ1v) is 13.6. The fourth-order valence-corrected chi connectivity index (χ4v) is 7.68. The van der Waals surface area contributed by atoms with E-state index >= 15 is 0 Å². The third-order valence-electron chi connectivity index (χ3n) is 9.95. The van der Waals surface area contributed by atoms with Crippen molar-refractivity contribution in [1.82, 2.24) is 34.4 Å². The fourth-order valence-electron chi connectivity index (χ4n) is 7.68. The number of nitrogens with zero attached hydrogens (tertiary/aromatic N) is 8. The van der Waals surface area contributed by atoms with Crippen LogP contribution in [0.1, 0.15) is 73.4 Å². The molecular formula is C27H38N8. The lowest BCUT2D eigenvalue weighted by atomic mass is 9.56. The molecular weight excluding hydrogens is 436 g/mol. The van der Waals surface area contributed by atoms with Crippen LogP contribution in [0.4, 0.5) is 5.82 Å².